The number of aryl methyl sites for hydroxylation is 2. The second-order valence-corrected chi connectivity index (χ2v) is 10.8. The molecule has 2 aromatic heterocycles. The highest BCUT2D eigenvalue weighted by atomic mass is 16.5. The predicted octanol–water partition coefficient (Wildman–Crippen LogP) is 5.36. The summed E-state index contributed by atoms with van der Waals surface area (Å²) in [7, 11) is 0. The lowest BCUT2D eigenvalue weighted by atomic mass is 10.0. The number of hydrogen-bond acceptors (Lipinski definition) is 8. The van der Waals surface area contributed by atoms with Gasteiger partial charge in [-0.15, -0.1) is 0 Å². The van der Waals surface area contributed by atoms with Crippen LogP contribution in [0.4, 0.5) is 0 Å². The molecule has 8 heteroatoms. The van der Waals surface area contributed by atoms with Gasteiger partial charge in [0, 0.05) is 69.6 Å². The maximum Gasteiger partial charge on any atom is 0.219 e. The van der Waals surface area contributed by atoms with E-state index in [1.54, 1.807) is 30.7 Å². The van der Waals surface area contributed by atoms with Gasteiger partial charge >= 0.3 is 0 Å². The zero-order valence-corrected chi connectivity index (χ0v) is 24.8. The van der Waals surface area contributed by atoms with Crippen LogP contribution < -0.4 is 9.47 Å². The highest BCUT2D eigenvalue weighted by Crippen LogP contribution is 2.33. The molecule has 0 aliphatic carbocycles. The van der Waals surface area contributed by atoms with Crippen LogP contribution in [0.2, 0.25) is 0 Å². The van der Waals surface area contributed by atoms with Crippen molar-refractivity contribution in [3.8, 4) is 17.4 Å². The fourth-order valence-corrected chi connectivity index (χ4v) is 5.32. The number of ether oxygens (including phenoxy) is 2. The van der Waals surface area contributed by atoms with E-state index < -0.39 is 0 Å². The lowest BCUT2D eigenvalue weighted by molar-refractivity contribution is -0.104. The van der Waals surface area contributed by atoms with Crippen molar-refractivity contribution in [3.05, 3.63) is 119 Å². The van der Waals surface area contributed by atoms with Crippen molar-refractivity contribution in [2.45, 2.75) is 33.4 Å². The molecule has 0 amide bonds. The predicted molar refractivity (Wildman–Crippen MR) is 167 cm³/mol. The van der Waals surface area contributed by atoms with Crippen molar-refractivity contribution in [1.29, 1.82) is 0 Å². The molecule has 5 rings (SSSR count). The van der Waals surface area contributed by atoms with Crippen LogP contribution >= 0.6 is 0 Å². The van der Waals surface area contributed by atoms with E-state index in [0.717, 1.165) is 78.3 Å². The van der Waals surface area contributed by atoms with Crippen molar-refractivity contribution < 1.29 is 19.4 Å². The van der Waals surface area contributed by atoms with Crippen LogP contribution in [0.25, 0.3) is 5.70 Å². The van der Waals surface area contributed by atoms with Crippen molar-refractivity contribution in [3.63, 3.8) is 0 Å². The third-order valence-corrected chi connectivity index (χ3v) is 7.60. The molecule has 1 saturated heterocycles. The summed E-state index contributed by atoms with van der Waals surface area (Å²) in [5.74, 6) is 1.90. The molecule has 1 aliphatic rings. The van der Waals surface area contributed by atoms with E-state index in [4.69, 9.17) is 14.6 Å². The van der Waals surface area contributed by atoms with Gasteiger partial charge in [0.15, 0.2) is 0 Å². The Kier molecular flexibility index (Phi) is 10.2. The zero-order chi connectivity index (χ0) is 30.0. The first kappa shape index (κ1) is 29.9. The molecule has 2 aromatic carbocycles. The normalized spacial score (nSPS) is 14.0. The fourth-order valence-electron chi connectivity index (χ4n) is 5.32. The van der Waals surface area contributed by atoms with E-state index >= 15 is 0 Å². The number of aliphatic hydroxyl groups is 1. The van der Waals surface area contributed by atoms with Crippen molar-refractivity contribution in [1.82, 2.24) is 19.8 Å². The Labute approximate surface area is 253 Å². The van der Waals surface area contributed by atoms with Gasteiger partial charge in [0.1, 0.15) is 24.4 Å². The number of aliphatic hydroxyl groups excluding tert-OH is 1. The average molecular weight is 579 g/mol. The van der Waals surface area contributed by atoms with Gasteiger partial charge in [0.2, 0.25) is 5.88 Å². The molecule has 1 fully saturated rings. The number of carbonyl (C=O) groups is 1. The molecule has 222 valence electrons. The molecule has 0 bridgehead atoms. The third-order valence-electron chi connectivity index (χ3n) is 7.60. The van der Waals surface area contributed by atoms with Gasteiger partial charge in [-0.25, -0.2) is 4.98 Å². The second-order valence-electron chi connectivity index (χ2n) is 10.8. The van der Waals surface area contributed by atoms with E-state index in [9.17, 15) is 4.79 Å². The number of rotatable bonds is 12. The zero-order valence-electron chi connectivity index (χ0n) is 24.8. The Morgan fingerprint density at radius 2 is 1.60 bits per heavy atom. The van der Waals surface area contributed by atoms with E-state index in [0.29, 0.717) is 24.7 Å². The average Bonchev–Trinajstić information content (AvgIpc) is 3.03. The quantitative estimate of drug-likeness (QED) is 0.178. The summed E-state index contributed by atoms with van der Waals surface area (Å²) >= 11 is 0. The summed E-state index contributed by atoms with van der Waals surface area (Å²) in [6.45, 7) is 8.99. The standard InChI is InChI=1S/C35H38N4O4/c1-26-21-31(22-27(2)35(26)43-34-8-7-32(23-37-34)42-25-30-9-13-36-14-10-30)33(12-20-41)39-17-15-38(16-18-39)24-29-5-3-28(4-6-29)11-19-40/h3-10,12-14,20-23,40H,11,15-19,24-25H2,1-2H3/b33-12+. The SMILES string of the molecule is Cc1cc(/C(=C\C=O)N2CCN(Cc3ccc(CCO)cc3)CC2)cc(C)c1Oc1ccc(OCc2ccncc2)cn1. The minimum Gasteiger partial charge on any atom is -0.487 e. The first-order valence-electron chi connectivity index (χ1n) is 14.6. The third kappa shape index (κ3) is 8.06. The lowest BCUT2D eigenvalue weighted by Crippen LogP contribution is -2.45. The van der Waals surface area contributed by atoms with Crippen molar-refractivity contribution in [2.75, 3.05) is 32.8 Å². The van der Waals surface area contributed by atoms with Gasteiger partial charge in [0.25, 0.3) is 0 Å². The molecular weight excluding hydrogens is 540 g/mol. The molecule has 0 spiro atoms. The number of nitrogens with zero attached hydrogens (tertiary/aromatic N) is 4. The Balaban J connectivity index is 1.20. The van der Waals surface area contributed by atoms with Gasteiger partial charge in [0.05, 0.1) is 6.20 Å². The Morgan fingerprint density at radius 3 is 2.23 bits per heavy atom. The van der Waals surface area contributed by atoms with E-state index in [1.165, 1.54) is 5.56 Å². The summed E-state index contributed by atoms with van der Waals surface area (Å²) < 4.78 is 12.0. The van der Waals surface area contributed by atoms with Crippen LogP contribution in [0.15, 0.2) is 85.3 Å². The summed E-state index contributed by atoms with van der Waals surface area (Å²) in [5.41, 5.74) is 7.31. The number of piperazine rings is 1. The minimum atomic E-state index is 0.169. The highest BCUT2D eigenvalue weighted by Gasteiger charge is 2.21. The number of allylic oxidation sites excluding steroid dienone is 1. The second kappa shape index (κ2) is 14.6. The van der Waals surface area contributed by atoms with Gasteiger partial charge in [-0.3, -0.25) is 14.7 Å². The van der Waals surface area contributed by atoms with E-state index in [2.05, 4.69) is 56.2 Å². The topological polar surface area (TPSA) is 88.0 Å². The molecule has 4 aromatic rings. The number of pyridine rings is 2. The summed E-state index contributed by atoms with van der Waals surface area (Å²) in [6.07, 6.45) is 8.36. The molecule has 0 saturated carbocycles. The number of aromatic nitrogens is 2. The Morgan fingerprint density at radius 1 is 0.907 bits per heavy atom. The van der Waals surface area contributed by atoms with E-state index in [-0.39, 0.29) is 6.61 Å². The highest BCUT2D eigenvalue weighted by molar-refractivity contribution is 5.81. The van der Waals surface area contributed by atoms with E-state index in [1.807, 2.05) is 32.0 Å². The molecular formula is C35H38N4O4. The number of aldehydes is 1. The smallest absolute Gasteiger partial charge is 0.219 e. The summed E-state index contributed by atoms with van der Waals surface area (Å²) in [6, 6.07) is 20.1. The van der Waals surface area contributed by atoms with Gasteiger partial charge in [-0.05, 0) is 84.0 Å². The maximum atomic E-state index is 11.7. The van der Waals surface area contributed by atoms with Crippen LogP contribution in [0.3, 0.4) is 0 Å². The molecule has 0 radical (unpaired) electrons. The fraction of sp³-hybridized carbons (Fsp3) is 0.286. The Bertz CT molecular complexity index is 1490. The van der Waals surface area contributed by atoms with Crippen molar-refractivity contribution >= 4 is 12.0 Å². The molecule has 8 nitrogen and oxygen atoms in total. The first-order chi connectivity index (χ1) is 21.0. The Hall–Kier alpha value is -4.53. The summed E-state index contributed by atoms with van der Waals surface area (Å²) in [4.78, 5) is 24.9. The van der Waals surface area contributed by atoms with Crippen molar-refractivity contribution in [2.24, 2.45) is 0 Å². The molecule has 1 aliphatic heterocycles. The molecule has 1 N–H and O–H groups in total. The van der Waals surface area contributed by atoms with Crippen LogP contribution in [-0.4, -0.2) is 63.9 Å². The van der Waals surface area contributed by atoms with Gasteiger partial charge in [-0.2, -0.15) is 0 Å². The van der Waals surface area contributed by atoms with Gasteiger partial charge in [-0.1, -0.05) is 24.3 Å². The maximum absolute atomic E-state index is 11.7. The minimum absolute atomic E-state index is 0.169. The van der Waals surface area contributed by atoms with Crippen LogP contribution in [-0.2, 0) is 24.4 Å². The van der Waals surface area contributed by atoms with Gasteiger partial charge < -0.3 is 19.5 Å². The summed E-state index contributed by atoms with van der Waals surface area (Å²) in [5, 5.41) is 9.14. The largest absolute Gasteiger partial charge is 0.487 e. The number of benzene rings is 2. The molecule has 3 heterocycles. The lowest BCUT2D eigenvalue weighted by Gasteiger charge is -2.37. The van der Waals surface area contributed by atoms with Crippen LogP contribution in [0, 0.1) is 13.8 Å². The number of hydrogen-bond donors (Lipinski definition) is 1. The monoisotopic (exact) mass is 578 g/mol. The van der Waals surface area contributed by atoms with Crippen LogP contribution in [0.1, 0.15) is 33.4 Å². The molecule has 0 unspecified atom stereocenters. The first-order valence-corrected chi connectivity index (χ1v) is 14.6. The molecule has 0 atom stereocenters. The molecule has 43 heavy (non-hydrogen) atoms. The van der Waals surface area contributed by atoms with Crippen LogP contribution in [0.5, 0.6) is 17.4 Å². The number of carbonyl (C=O) groups excluding carboxylic acids is 1.